The molecule has 88 valence electrons. The number of benzene rings is 1. The predicted octanol–water partition coefficient (Wildman–Crippen LogP) is 1.20. The Bertz CT molecular complexity index is 508. The lowest BCUT2D eigenvalue weighted by Crippen LogP contribution is -2.02. The van der Waals surface area contributed by atoms with Crippen LogP contribution in [-0.4, -0.2) is 22.6 Å². The molecule has 6 heteroatoms. The summed E-state index contributed by atoms with van der Waals surface area (Å²) in [5, 5.41) is 0.844. The highest BCUT2D eigenvalue weighted by Crippen LogP contribution is 2.34. The Labute approximate surface area is 94.4 Å². The van der Waals surface area contributed by atoms with Gasteiger partial charge in [0.25, 0.3) is 0 Å². The smallest absolute Gasteiger partial charge is 0.202 e. The van der Waals surface area contributed by atoms with E-state index in [1.807, 2.05) is 0 Å². The van der Waals surface area contributed by atoms with Crippen LogP contribution >= 0.6 is 0 Å². The third-order valence-corrected chi connectivity index (χ3v) is 3.41. The summed E-state index contributed by atoms with van der Waals surface area (Å²) in [4.78, 5) is -0.0247. The summed E-state index contributed by atoms with van der Waals surface area (Å²) in [6.45, 7) is 3.24. The second-order valence-electron chi connectivity index (χ2n) is 2.96. The van der Waals surface area contributed by atoms with Crippen molar-refractivity contribution in [3.8, 4) is 11.5 Å². The van der Waals surface area contributed by atoms with Crippen LogP contribution in [0.5, 0.6) is 11.5 Å². The molecule has 0 unspecified atom stereocenters. The fraction of sp³-hybridized carbons (Fsp3) is 0.200. The van der Waals surface area contributed by atoms with Crippen LogP contribution in [0.15, 0.2) is 29.0 Å². The molecular formula is C10H13NO4S. The summed E-state index contributed by atoms with van der Waals surface area (Å²) in [6, 6.07) is 2.71. The zero-order valence-electron chi connectivity index (χ0n) is 9.06. The molecule has 0 bridgehead atoms. The number of sulfone groups is 1. The van der Waals surface area contributed by atoms with Crippen molar-refractivity contribution in [3.05, 3.63) is 24.1 Å². The molecule has 0 aromatic heterocycles. The van der Waals surface area contributed by atoms with Gasteiger partial charge in [-0.3, -0.25) is 0 Å². The predicted molar refractivity (Wildman–Crippen MR) is 61.3 cm³/mol. The summed E-state index contributed by atoms with van der Waals surface area (Å²) in [5.74, 6) is 0.533. The van der Waals surface area contributed by atoms with Gasteiger partial charge in [0.05, 0.1) is 19.9 Å². The van der Waals surface area contributed by atoms with Gasteiger partial charge in [-0.05, 0) is 6.07 Å². The Balaban J connectivity index is 3.52. The molecule has 0 heterocycles. The number of rotatable bonds is 4. The zero-order chi connectivity index (χ0) is 12.3. The molecule has 0 aliphatic heterocycles. The summed E-state index contributed by atoms with van der Waals surface area (Å²) in [7, 11) is -0.780. The maximum Gasteiger partial charge on any atom is 0.202 e. The molecule has 2 N–H and O–H groups in total. The lowest BCUT2D eigenvalue weighted by molar-refractivity contribution is 0.387. The summed E-state index contributed by atoms with van der Waals surface area (Å²) in [6.07, 6.45) is 0. The van der Waals surface area contributed by atoms with E-state index in [2.05, 4.69) is 6.58 Å². The largest absolute Gasteiger partial charge is 0.495 e. The molecule has 1 aromatic carbocycles. The van der Waals surface area contributed by atoms with Gasteiger partial charge in [-0.1, -0.05) is 6.58 Å². The number of ether oxygens (including phenoxy) is 2. The van der Waals surface area contributed by atoms with Gasteiger partial charge in [-0.2, -0.15) is 0 Å². The third kappa shape index (κ3) is 2.11. The van der Waals surface area contributed by atoms with Crippen LogP contribution in [0, 0.1) is 0 Å². The Morgan fingerprint density at radius 1 is 1.25 bits per heavy atom. The molecule has 5 nitrogen and oxygen atoms in total. The number of nitrogens with two attached hydrogens (primary N) is 1. The fourth-order valence-corrected chi connectivity index (χ4v) is 2.10. The Morgan fingerprint density at radius 3 is 2.25 bits per heavy atom. The molecule has 0 spiro atoms. The maximum absolute atomic E-state index is 11.6. The number of anilines is 1. The van der Waals surface area contributed by atoms with Crippen molar-refractivity contribution in [1.82, 2.24) is 0 Å². The highest BCUT2D eigenvalue weighted by atomic mass is 32.2. The molecule has 0 aliphatic carbocycles. The van der Waals surface area contributed by atoms with Crippen molar-refractivity contribution in [3.63, 3.8) is 0 Å². The van der Waals surface area contributed by atoms with E-state index in [-0.39, 0.29) is 16.3 Å². The molecule has 16 heavy (non-hydrogen) atoms. The second kappa shape index (κ2) is 4.44. The van der Waals surface area contributed by atoms with Crippen molar-refractivity contribution in [2.24, 2.45) is 0 Å². The SMILES string of the molecule is C=CS(=O)(=O)c1cc(N)c(OC)cc1OC. The lowest BCUT2D eigenvalue weighted by atomic mass is 10.3. The average Bonchev–Trinajstić information content (AvgIpc) is 2.28. The molecule has 0 amide bonds. The molecule has 0 saturated carbocycles. The van der Waals surface area contributed by atoms with Crippen LogP contribution in [0.4, 0.5) is 5.69 Å². The van der Waals surface area contributed by atoms with Gasteiger partial charge in [0, 0.05) is 11.5 Å². The quantitative estimate of drug-likeness (QED) is 0.804. The minimum Gasteiger partial charge on any atom is -0.495 e. The Hall–Kier alpha value is -1.69. The summed E-state index contributed by atoms with van der Waals surface area (Å²) in [5.41, 5.74) is 5.85. The standard InChI is InChI=1S/C10H13NO4S/c1-4-16(12,13)10-5-7(11)8(14-2)6-9(10)15-3/h4-6H,1,11H2,2-3H3. The highest BCUT2D eigenvalue weighted by Gasteiger charge is 2.18. The van der Waals surface area contributed by atoms with Gasteiger partial charge >= 0.3 is 0 Å². The van der Waals surface area contributed by atoms with Crippen molar-refractivity contribution in [1.29, 1.82) is 0 Å². The zero-order valence-corrected chi connectivity index (χ0v) is 9.87. The van der Waals surface area contributed by atoms with E-state index in [4.69, 9.17) is 15.2 Å². The van der Waals surface area contributed by atoms with E-state index in [1.165, 1.54) is 26.4 Å². The maximum atomic E-state index is 11.6. The third-order valence-electron chi connectivity index (χ3n) is 2.04. The fourth-order valence-electron chi connectivity index (χ4n) is 1.21. The second-order valence-corrected chi connectivity index (χ2v) is 4.82. The van der Waals surface area contributed by atoms with E-state index < -0.39 is 9.84 Å². The number of hydrogen-bond acceptors (Lipinski definition) is 5. The summed E-state index contributed by atoms with van der Waals surface area (Å²) < 4.78 is 33.2. The van der Waals surface area contributed by atoms with Gasteiger partial charge in [-0.15, -0.1) is 0 Å². The van der Waals surface area contributed by atoms with Crippen LogP contribution < -0.4 is 15.2 Å². The molecule has 0 fully saturated rings. The van der Waals surface area contributed by atoms with Crippen LogP contribution in [-0.2, 0) is 9.84 Å². The number of nitrogen functional groups attached to an aromatic ring is 1. The van der Waals surface area contributed by atoms with Gasteiger partial charge in [0.2, 0.25) is 9.84 Å². The minimum atomic E-state index is -3.59. The van der Waals surface area contributed by atoms with Gasteiger partial charge < -0.3 is 15.2 Å². The van der Waals surface area contributed by atoms with E-state index in [9.17, 15) is 8.42 Å². The van der Waals surface area contributed by atoms with Crippen molar-refractivity contribution >= 4 is 15.5 Å². The monoisotopic (exact) mass is 243 g/mol. The molecule has 0 aliphatic rings. The molecule has 0 radical (unpaired) electrons. The van der Waals surface area contributed by atoms with Crippen LogP contribution in [0.25, 0.3) is 0 Å². The van der Waals surface area contributed by atoms with Gasteiger partial charge in [-0.25, -0.2) is 8.42 Å². The first-order valence-corrected chi connectivity index (χ1v) is 5.90. The van der Waals surface area contributed by atoms with E-state index in [0.717, 1.165) is 5.41 Å². The molecule has 0 saturated heterocycles. The molecular weight excluding hydrogens is 230 g/mol. The average molecular weight is 243 g/mol. The number of hydrogen-bond donors (Lipinski definition) is 1. The minimum absolute atomic E-state index is 0.0247. The van der Waals surface area contributed by atoms with E-state index in [1.54, 1.807) is 0 Å². The molecule has 1 aromatic rings. The van der Waals surface area contributed by atoms with Crippen LogP contribution in [0.3, 0.4) is 0 Å². The van der Waals surface area contributed by atoms with Crippen molar-refractivity contribution < 1.29 is 17.9 Å². The topological polar surface area (TPSA) is 78.6 Å². The van der Waals surface area contributed by atoms with E-state index >= 15 is 0 Å². The first kappa shape index (κ1) is 12.4. The Morgan fingerprint density at radius 2 is 1.81 bits per heavy atom. The summed E-state index contributed by atoms with van der Waals surface area (Å²) >= 11 is 0. The van der Waals surface area contributed by atoms with Crippen LogP contribution in [0.1, 0.15) is 0 Å². The normalized spacial score (nSPS) is 10.9. The highest BCUT2D eigenvalue weighted by molar-refractivity contribution is 7.94. The number of methoxy groups -OCH3 is 2. The lowest BCUT2D eigenvalue weighted by Gasteiger charge is -2.11. The molecule has 0 atom stereocenters. The Kier molecular flexibility index (Phi) is 3.44. The van der Waals surface area contributed by atoms with Crippen LogP contribution in [0.2, 0.25) is 0 Å². The van der Waals surface area contributed by atoms with E-state index in [0.29, 0.717) is 5.75 Å². The van der Waals surface area contributed by atoms with Gasteiger partial charge in [0.1, 0.15) is 16.4 Å². The van der Waals surface area contributed by atoms with Crippen molar-refractivity contribution in [2.75, 3.05) is 20.0 Å². The van der Waals surface area contributed by atoms with Gasteiger partial charge in [0.15, 0.2) is 0 Å². The van der Waals surface area contributed by atoms with Crippen molar-refractivity contribution in [2.45, 2.75) is 4.90 Å². The first-order chi connectivity index (χ1) is 7.46. The molecule has 1 rings (SSSR count). The first-order valence-electron chi connectivity index (χ1n) is 4.35.